The van der Waals surface area contributed by atoms with Crippen LogP contribution in [0.4, 0.5) is 5.69 Å². The fourth-order valence-corrected chi connectivity index (χ4v) is 5.86. The molecule has 4 unspecified atom stereocenters. The van der Waals surface area contributed by atoms with Crippen LogP contribution in [0, 0.1) is 11.8 Å². The van der Waals surface area contributed by atoms with Gasteiger partial charge in [-0.15, -0.1) is 6.58 Å². The average Bonchev–Trinajstić information content (AvgIpc) is 2.88. The van der Waals surface area contributed by atoms with Crippen molar-refractivity contribution in [2.45, 2.75) is 24.9 Å². The van der Waals surface area contributed by atoms with E-state index in [9.17, 15) is 0 Å². The first-order valence-electron chi connectivity index (χ1n) is 11.7. The highest BCUT2D eigenvalue weighted by Gasteiger charge is 2.43. The van der Waals surface area contributed by atoms with E-state index in [0.29, 0.717) is 28.0 Å². The fourth-order valence-electron chi connectivity index (χ4n) is 5.49. The van der Waals surface area contributed by atoms with E-state index in [-0.39, 0.29) is 6.04 Å². The Kier molecular flexibility index (Phi) is 6.73. The maximum absolute atomic E-state index is 6.05. The summed E-state index contributed by atoms with van der Waals surface area (Å²) in [6, 6.07) is 16.0. The molecule has 1 aromatic heterocycles. The van der Waals surface area contributed by atoms with Crippen molar-refractivity contribution in [1.29, 1.82) is 0 Å². The number of ether oxygens (including phenoxy) is 1. The molecule has 34 heavy (non-hydrogen) atoms. The van der Waals surface area contributed by atoms with Gasteiger partial charge in [0.15, 0.2) is 5.11 Å². The van der Waals surface area contributed by atoms with Crippen molar-refractivity contribution >= 4 is 45.5 Å². The van der Waals surface area contributed by atoms with Crippen molar-refractivity contribution in [1.82, 2.24) is 15.2 Å². The molecule has 2 N–H and O–H groups in total. The van der Waals surface area contributed by atoms with Gasteiger partial charge in [0.1, 0.15) is 5.75 Å². The molecule has 0 saturated carbocycles. The molecular weight excluding hydrogens is 464 g/mol. The van der Waals surface area contributed by atoms with E-state index >= 15 is 0 Å². The zero-order chi connectivity index (χ0) is 23.7. The Balaban J connectivity index is 1.50. The number of hydrogen-bond donors (Lipinski definition) is 2. The number of pyridine rings is 1. The van der Waals surface area contributed by atoms with Crippen LogP contribution in [0.5, 0.6) is 5.75 Å². The summed E-state index contributed by atoms with van der Waals surface area (Å²) in [5, 5.41) is 9.36. The summed E-state index contributed by atoms with van der Waals surface area (Å²) in [6.45, 7) is 6.23. The lowest BCUT2D eigenvalue weighted by atomic mass is 9.73. The minimum atomic E-state index is -0.00142. The largest absolute Gasteiger partial charge is 0.497 e. The van der Waals surface area contributed by atoms with Crippen molar-refractivity contribution in [2.24, 2.45) is 11.8 Å². The Bertz CT molecular complexity index is 1200. The molecule has 2 aromatic carbocycles. The Labute approximate surface area is 211 Å². The molecule has 0 amide bonds. The van der Waals surface area contributed by atoms with Gasteiger partial charge in [0.05, 0.1) is 18.7 Å². The van der Waals surface area contributed by atoms with E-state index in [4.69, 9.17) is 28.6 Å². The molecule has 0 spiro atoms. The number of anilines is 1. The number of aromatic nitrogens is 1. The second-order valence-corrected chi connectivity index (χ2v) is 9.96. The Morgan fingerprint density at radius 2 is 2.09 bits per heavy atom. The number of piperidine rings is 3. The van der Waals surface area contributed by atoms with Crippen LogP contribution in [-0.2, 0) is 0 Å². The van der Waals surface area contributed by atoms with E-state index in [1.807, 2.05) is 42.6 Å². The molecule has 3 saturated heterocycles. The predicted octanol–water partition coefficient (Wildman–Crippen LogP) is 5.82. The molecule has 0 aliphatic carbocycles. The summed E-state index contributed by atoms with van der Waals surface area (Å²) in [5.74, 6) is 2.02. The van der Waals surface area contributed by atoms with E-state index < -0.39 is 0 Å². The van der Waals surface area contributed by atoms with Crippen LogP contribution in [-0.4, -0.2) is 41.2 Å². The first-order chi connectivity index (χ1) is 16.6. The molecule has 0 radical (unpaired) electrons. The third kappa shape index (κ3) is 4.63. The lowest BCUT2D eigenvalue weighted by molar-refractivity contribution is 0.00443. The zero-order valence-corrected chi connectivity index (χ0v) is 20.8. The summed E-state index contributed by atoms with van der Waals surface area (Å²) in [6.07, 6.45) is 6.34. The number of nitrogens with one attached hydrogen (secondary N) is 2. The highest BCUT2D eigenvalue weighted by molar-refractivity contribution is 7.80. The molecule has 176 valence electrons. The van der Waals surface area contributed by atoms with Gasteiger partial charge >= 0.3 is 0 Å². The molecule has 4 heterocycles. The topological polar surface area (TPSA) is 49.4 Å². The van der Waals surface area contributed by atoms with Crippen molar-refractivity contribution in [2.75, 3.05) is 25.5 Å². The van der Waals surface area contributed by atoms with Crippen molar-refractivity contribution in [3.63, 3.8) is 0 Å². The quantitative estimate of drug-likeness (QED) is 0.334. The van der Waals surface area contributed by atoms with E-state index in [0.717, 1.165) is 41.9 Å². The number of fused-ring (bicyclic) bond motifs is 4. The van der Waals surface area contributed by atoms with Crippen LogP contribution >= 0.6 is 23.8 Å². The van der Waals surface area contributed by atoms with Gasteiger partial charge in [-0.05, 0) is 97.5 Å². The average molecular weight is 493 g/mol. The third-order valence-electron chi connectivity index (χ3n) is 7.24. The number of benzene rings is 2. The van der Waals surface area contributed by atoms with E-state index in [1.165, 1.54) is 12.0 Å². The lowest BCUT2D eigenvalue weighted by Crippen LogP contribution is -2.57. The summed E-state index contributed by atoms with van der Waals surface area (Å²) in [5.41, 5.74) is 3.03. The molecule has 7 heteroatoms. The Morgan fingerprint density at radius 1 is 1.26 bits per heavy atom. The molecule has 3 aliphatic heterocycles. The molecule has 3 aliphatic rings. The molecule has 5 atom stereocenters. The highest BCUT2D eigenvalue weighted by atomic mass is 35.5. The van der Waals surface area contributed by atoms with Crippen LogP contribution in [0.2, 0.25) is 5.02 Å². The highest BCUT2D eigenvalue weighted by Crippen LogP contribution is 2.42. The summed E-state index contributed by atoms with van der Waals surface area (Å²) >= 11 is 11.8. The molecule has 2 bridgehead atoms. The normalized spacial score (nSPS) is 24.4. The van der Waals surface area contributed by atoms with Crippen molar-refractivity contribution < 1.29 is 4.74 Å². The van der Waals surface area contributed by atoms with Gasteiger partial charge < -0.3 is 15.4 Å². The maximum Gasteiger partial charge on any atom is 0.171 e. The second-order valence-electron chi connectivity index (χ2n) is 9.11. The number of halogens is 1. The van der Waals surface area contributed by atoms with E-state index in [2.05, 4.69) is 45.3 Å². The van der Waals surface area contributed by atoms with Crippen LogP contribution in [0.1, 0.15) is 24.4 Å². The van der Waals surface area contributed by atoms with Gasteiger partial charge in [0, 0.05) is 34.9 Å². The van der Waals surface area contributed by atoms with Crippen LogP contribution in [0.3, 0.4) is 0 Å². The first kappa shape index (κ1) is 23.1. The Morgan fingerprint density at radius 3 is 2.79 bits per heavy atom. The molecule has 3 aromatic rings. The summed E-state index contributed by atoms with van der Waals surface area (Å²) in [4.78, 5) is 7.20. The number of nitrogens with zero attached hydrogens (tertiary/aromatic N) is 2. The molecule has 6 rings (SSSR count). The van der Waals surface area contributed by atoms with Crippen LogP contribution in [0.25, 0.3) is 10.9 Å². The molecule has 5 nitrogen and oxygen atoms in total. The van der Waals surface area contributed by atoms with Gasteiger partial charge in [-0.2, -0.15) is 0 Å². The van der Waals surface area contributed by atoms with Crippen LogP contribution in [0.15, 0.2) is 67.4 Å². The monoisotopic (exact) mass is 492 g/mol. The number of rotatable bonds is 6. The second kappa shape index (κ2) is 9.90. The third-order valence-corrected chi connectivity index (χ3v) is 7.72. The smallest absolute Gasteiger partial charge is 0.171 e. The zero-order valence-electron chi connectivity index (χ0n) is 19.2. The standard InChI is InChI=1S/C27H29ClN4OS/c1-3-17-16-32-13-11-18(17)14-25(32)26(31-27(34)30-20-6-4-19(28)5-7-20)22-10-12-29-24-9-8-21(33-2)15-23(22)24/h3-10,12,15,17-18,25-26H,1,11,13-14,16H2,2H3,(H2,30,31,34)/t17?,18?,25?,26-/m0/s1. The number of hydrogen-bond acceptors (Lipinski definition) is 4. The van der Waals surface area contributed by atoms with Gasteiger partial charge in [-0.25, -0.2) is 0 Å². The van der Waals surface area contributed by atoms with Crippen molar-refractivity contribution in [3.05, 3.63) is 78.0 Å². The number of thiocarbonyl (C=S) groups is 1. The molecular formula is C27H29ClN4OS. The maximum atomic E-state index is 6.05. The van der Waals surface area contributed by atoms with Crippen LogP contribution < -0.4 is 15.4 Å². The lowest BCUT2D eigenvalue weighted by Gasteiger charge is -2.52. The minimum Gasteiger partial charge on any atom is -0.497 e. The fraction of sp³-hybridized carbons (Fsp3) is 0.333. The summed E-state index contributed by atoms with van der Waals surface area (Å²) < 4.78 is 5.53. The molecule has 3 fully saturated rings. The van der Waals surface area contributed by atoms with Crippen molar-refractivity contribution in [3.8, 4) is 5.75 Å². The minimum absolute atomic E-state index is 0.00142. The van der Waals surface area contributed by atoms with Gasteiger partial charge in [-0.3, -0.25) is 9.88 Å². The van der Waals surface area contributed by atoms with Gasteiger partial charge in [0.2, 0.25) is 0 Å². The Hall–Kier alpha value is -2.67. The van der Waals surface area contributed by atoms with Gasteiger partial charge in [-0.1, -0.05) is 17.7 Å². The SMILES string of the molecule is C=CC1CN2CCC1CC2[C@@H](NC(=S)Nc1ccc(Cl)cc1)c1ccnc2ccc(OC)cc12. The van der Waals surface area contributed by atoms with E-state index in [1.54, 1.807) is 7.11 Å². The summed E-state index contributed by atoms with van der Waals surface area (Å²) in [7, 11) is 1.69. The van der Waals surface area contributed by atoms with Gasteiger partial charge in [0.25, 0.3) is 0 Å². The predicted molar refractivity (Wildman–Crippen MR) is 144 cm³/mol. The number of methoxy groups -OCH3 is 1. The first-order valence-corrected chi connectivity index (χ1v) is 12.5.